The van der Waals surface area contributed by atoms with Crippen LogP contribution in [0.4, 0.5) is 0 Å². The van der Waals surface area contributed by atoms with Crippen molar-refractivity contribution in [1.29, 1.82) is 0 Å². The molecule has 0 heterocycles. The maximum atomic E-state index is 2.10. The molecule has 12 heavy (non-hydrogen) atoms. The first-order valence-corrected chi connectivity index (χ1v) is 4.81. The van der Waals surface area contributed by atoms with Gasteiger partial charge in [0.25, 0.3) is 0 Å². The van der Waals surface area contributed by atoms with Gasteiger partial charge in [-0.3, -0.25) is 0 Å². The molecule has 0 aromatic heterocycles. The van der Waals surface area contributed by atoms with Gasteiger partial charge in [0.2, 0.25) is 0 Å². The van der Waals surface area contributed by atoms with Crippen LogP contribution in [0.25, 0.3) is 0 Å². The van der Waals surface area contributed by atoms with Gasteiger partial charge in [0.1, 0.15) is 0 Å². The van der Waals surface area contributed by atoms with Crippen molar-refractivity contribution in [3.8, 4) is 0 Å². The third-order valence-electron chi connectivity index (χ3n) is 1.33. The van der Waals surface area contributed by atoms with Crippen LogP contribution in [0.1, 0.15) is 6.92 Å². The van der Waals surface area contributed by atoms with E-state index in [0.29, 0.717) is 0 Å². The first-order chi connectivity index (χ1) is 5.93. The SMILES string of the molecule is C/C=C\C=C\Sc1ccccc1. The smallest absolute Gasteiger partial charge is 0.0116 e. The Bertz CT molecular complexity index is 260. The zero-order valence-electron chi connectivity index (χ0n) is 7.10. The van der Waals surface area contributed by atoms with E-state index >= 15 is 0 Å². The zero-order valence-corrected chi connectivity index (χ0v) is 7.92. The van der Waals surface area contributed by atoms with Gasteiger partial charge in [-0.15, -0.1) is 0 Å². The lowest BCUT2D eigenvalue weighted by Crippen LogP contribution is -1.63. The molecule has 0 unspecified atom stereocenters. The van der Waals surface area contributed by atoms with Crippen LogP contribution < -0.4 is 0 Å². The third-order valence-corrected chi connectivity index (χ3v) is 2.17. The Balaban J connectivity index is 2.43. The molecule has 0 aliphatic heterocycles. The normalized spacial score (nSPS) is 11.4. The van der Waals surface area contributed by atoms with Crippen LogP contribution in [0.2, 0.25) is 0 Å². The highest BCUT2D eigenvalue weighted by Crippen LogP contribution is 2.17. The van der Waals surface area contributed by atoms with Crippen LogP contribution in [0.5, 0.6) is 0 Å². The third kappa shape index (κ3) is 3.44. The van der Waals surface area contributed by atoms with E-state index in [9.17, 15) is 0 Å². The summed E-state index contributed by atoms with van der Waals surface area (Å²) in [6.07, 6.45) is 6.08. The van der Waals surface area contributed by atoms with E-state index in [-0.39, 0.29) is 0 Å². The Kier molecular flexibility index (Phi) is 4.32. The van der Waals surface area contributed by atoms with Crippen molar-refractivity contribution in [2.75, 3.05) is 0 Å². The van der Waals surface area contributed by atoms with E-state index in [1.807, 2.05) is 43.4 Å². The summed E-state index contributed by atoms with van der Waals surface area (Å²) in [4.78, 5) is 1.28. The van der Waals surface area contributed by atoms with Gasteiger partial charge in [0.15, 0.2) is 0 Å². The molecule has 0 bridgehead atoms. The number of hydrogen-bond donors (Lipinski definition) is 0. The van der Waals surface area contributed by atoms with E-state index in [4.69, 9.17) is 0 Å². The Labute approximate surface area is 78.0 Å². The number of hydrogen-bond acceptors (Lipinski definition) is 1. The molecular weight excluding hydrogens is 164 g/mol. The highest BCUT2D eigenvalue weighted by molar-refractivity contribution is 8.02. The molecule has 1 aromatic rings. The predicted octanol–water partition coefficient (Wildman–Crippen LogP) is 3.87. The van der Waals surface area contributed by atoms with Crippen molar-refractivity contribution in [2.24, 2.45) is 0 Å². The minimum Gasteiger partial charge on any atom is -0.0981 e. The van der Waals surface area contributed by atoms with Gasteiger partial charge in [0.05, 0.1) is 0 Å². The van der Waals surface area contributed by atoms with Gasteiger partial charge in [-0.1, -0.05) is 48.2 Å². The second kappa shape index (κ2) is 5.67. The minimum absolute atomic E-state index is 1.28. The first-order valence-electron chi connectivity index (χ1n) is 3.93. The lowest BCUT2D eigenvalue weighted by Gasteiger charge is -1.91. The van der Waals surface area contributed by atoms with Crippen molar-refractivity contribution in [3.63, 3.8) is 0 Å². The second-order valence-electron chi connectivity index (χ2n) is 2.29. The maximum Gasteiger partial charge on any atom is 0.0116 e. The summed E-state index contributed by atoms with van der Waals surface area (Å²) in [6, 6.07) is 10.3. The molecule has 1 aromatic carbocycles. The summed E-state index contributed by atoms with van der Waals surface area (Å²) in [5.74, 6) is 0. The largest absolute Gasteiger partial charge is 0.0981 e. The molecule has 0 atom stereocenters. The quantitative estimate of drug-likeness (QED) is 0.497. The highest BCUT2D eigenvalue weighted by Gasteiger charge is 1.84. The van der Waals surface area contributed by atoms with E-state index in [1.54, 1.807) is 11.8 Å². The second-order valence-corrected chi connectivity index (χ2v) is 3.26. The molecule has 0 N–H and O–H groups in total. The molecule has 0 radical (unpaired) electrons. The van der Waals surface area contributed by atoms with Crippen LogP contribution >= 0.6 is 11.8 Å². The standard InChI is InChI=1S/C11H12S/c1-2-3-7-10-12-11-8-5-4-6-9-11/h2-10H,1H3/b3-2-,10-7+. The Morgan fingerprint density at radius 3 is 2.50 bits per heavy atom. The minimum atomic E-state index is 1.28. The highest BCUT2D eigenvalue weighted by atomic mass is 32.2. The summed E-state index contributed by atoms with van der Waals surface area (Å²) < 4.78 is 0. The average molecular weight is 176 g/mol. The Morgan fingerprint density at radius 2 is 1.83 bits per heavy atom. The van der Waals surface area contributed by atoms with Crippen LogP contribution in [-0.4, -0.2) is 0 Å². The van der Waals surface area contributed by atoms with Crippen molar-refractivity contribution in [2.45, 2.75) is 11.8 Å². The van der Waals surface area contributed by atoms with Crippen molar-refractivity contribution in [1.82, 2.24) is 0 Å². The molecular formula is C11H12S. The van der Waals surface area contributed by atoms with E-state index in [1.165, 1.54) is 4.90 Å². The molecule has 0 amide bonds. The maximum absolute atomic E-state index is 2.10. The van der Waals surface area contributed by atoms with Crippen molar-refractivity contribution in [3.05, 3.63) is 54.0 Å². The molecule has 1 heteroatoms. The molecule has 1 rings (SSSR count). The Morgan fingerprint density at radius 1 is 1.08 bits per heavy atom. The average Bonchev–Trinajstić information content (AvgIpc) is 2.14. The van der Waals surface area contributed by atoms with Gasteiger partial charge in [-0.2, -0.15) is 0 Å². The van der Waals surface area contributed by atoms with Gasteiger partial charge in [-0.25, -0.2) is 0 Å². The van der Waals surface area contributed by atoms with Gasteiger partial charge < -0.3 is 0 Å². The van der Waals surface area contributed by atoms with Gasteiger partial charge in [-0.05, 0) is 24.5 Å². The lowest BCUT2D eigenvalue weighted by molar-refractivity contribution is 1.47. The topological polar surface area (TPSA) is 0 Å². The summed E-state index contributed by atoms with van der Waals surface area (Å²) >= 11 is 1.73. The summed E-state index contributed by atoms with van der Waals surface area (Å²) in [6.45, 7) is 2.01. The summed E-state index contributed by atoms with van der Waals surface area (Å²) in [7, 11) is 0. The molecule has 0 saturated carbocycles. The van der Waals surface area contributed by atoms with Crippen molar-refractivity contribution >= 4 is 11.8 Å². The number of rotatable bonds is 3. The number of allylic oxidation sites excluding steroid dienone is 3. The molecule has 0 aliphatic carbocycles. The monoisotopic (exact) mass is 176 g/mol. The van der Waals surface area contributed by atoms with Crippen LogP contribution in [0.3, 0.4) is 0 Å². The van der Waals surface area contributed by atoms with Gasteiger partial charge in [0, 0.05) is 4.90 Å². The Hall–Kier alpha value is -0.950. The fraction of sp³-hybridized carbons (Fsp3) is 0.0909. The molecule has 0 aliphatic rings. The molecule has 0 nitrogen and oxygen atoms in total. The zero-order chi connectivity index (χ0) is 8.65. The van der Waals surface area contributed by atoms with Crippen molar-refractivity contribution < 1.29 is 0 Å². The first kappa shape index (κ1) is 9.14. The lowest BCUT2D eigenvalue weighted by atomic mass is 10.4. The number of thioether (sulfide) groups is 1. The summed E-state index contributed by atoms with van der Waals surface area (Å²) in [5, 5.41) is 2.08. The van der Waals surface area contributed by atoms with E-state index in [0.717, 1.165) is 0 Å². The van der Waals surface area contributed by atoms with Crippen LogP contribution in [-0.2, 0) is 0 Å². The predicted molar refractivity (Wildman–Crippen MR) is 56.3 cm³/mol. The van der Waals surface area contributed by atoms with E-state index < -0.39 is 0 Å². The summed E-state index contributed by atoms with van der Waals surface area (Å²) in [5.41, 5.74) is 0. The molecule has 0 spiro atoms. The molecule has 62 valence electrons. The fourth-order valence-electron chi connectivity index (χ4n) is 0.773. The van der Waals surface area contributed by atoms with E-state index in [2.05, 4.69) is 17.5 Å². The molecule has 0 fully saturated rings. The van der Waals surface area contributed by atoms with Gasteiger partial charge >= 0.3 is 0 Å². The van der Waals surface area contributed by atoms with Crippen LogP contribution in [0.15, 0.2) is 58.9 Å². The number of benzene rings is 1. The van der Waals surface area contributed by atoms with Crippen LogP contribution in [0, 0.1) is 0 Å². The fourth-order valence-corrected chi connectivity index (χ4v) is 1.41. The molecule has 0 saturated heterocycles.